The Morgan fingerprint density at radius 2 is 1.96 bits per heavy atom. The Balaban J connectivity index is 3.16. The predicted molar refractivity (Wildman–Crippen MR) is 112 cm³/mol. The van der Waals surface area contributed by atoms with Gasteiger partial charge in [0.2, 0.25) is 0 Å². The van der Waals surface area contributed by atoms with Crippen molar-refractivity contribution in [3.8, 4) is 0 Å². The number of rotatable bonds is 12. The number of benzene rings is 1. The minimum absolute atomic E-state index is 0.142. The Bertz CT molecular complexity index is 643. The van der Waals surface area contributed by atoms with Crippen LogP contribution in [0.1, 0.15) is 29.5 Å². The monoisotopic (exact) mass is 337 g/mol. The molecule has 3 heteroatoms. The first-order chi connectivity index (χ1) is 12.0. The van der Waals surface area contributed by atoms with Crippen LogP contribution in [0.2, 0.25) is 0 Å². The molecule has 0 saturated heterocycles. The molecule has 3 nitrogen and oxygen atoms in total. The van der Waals surface area contributed by atoms with Gasteiger partial charge in [0, 0.05) is 37.6 Å². The van der Waals surface area contributed by atoms with Crippen molar-refractivity contribution in [1.82, 2.24) is 15.5 Å². The molecule has 0 amide bonds. The quantitative estimate of drug-likeness (QED) is 0.549. The van der Waals surface area contributed by atoms with Crippen LogP contribution in [0.3, 0.4) is 0 Å². The van der Waals surface area contributed by atoms with E-state index in [1.54, 1.807) is 6.20 Å². The number of hydrogen-bond donors (Lipinski definition) is 2. The number of hydrogen-bond acceptors (Lipinski definition) is 3. The molecule has 1 atom stereocenters. The minimum atomic E-state index is 0.142. The van der Waals surface area contributed by atoms with Gasteiger partial charge in [-0.05, 0) is 36.2 Å². The molecule has 0 aromatic heterocycles. The van der Waals surface area contributed by atoms with Crippen LogP contribution in [-0.4, -0.2) is 25.0 Å². The number of allylic oxidation sites excluding steroid dienone is 1. The Morgan fingerprint density at radius 3 is 2.52 bits per heavy atom. The molecule has 2 N–H and O–H groups in total. The van der Waals surface area contributed by atoms with Crippen LogP contribution in [0.15, 0.2) is 69.1 Å². The fraction of sp³-hybridized carbons (Fsp3) is 0.273. The van der Waals surface area contributed by atoms with Gasteiger partial charge in [-0.15, -0.1) is 6.58 Å². The summed E-state index contributed by atoms with van der Waals surface area (Å²) < 4.78 is 0. The first-order valence-corrected chi connectivity index (χ1v) is 8.49. The van der Waals surface area contributed by atoms with Gasteiger partial charge < -0.3 is 15.5 Å². The van der Waals surface area contributed by atoms with E-state index in [4.69, 9.17) is 0 Å². The fourth-order valence-electron chi connectivity index (χ4n) is 2.75. The highest BCUT2D eigenvalue weighted by atomic mass is 15.2. The molecule has 1 aromatic carbocycles. The van der Waals surface area contributed by atoms with Gasteiger partial charge in [-0.3, -0.25) is 0 Å². The minimum Gasteiger partial charge on any atom is -0.390 e. The number of nitrogens with zero attached hydrogens (tertiary/aromatic N) is 1. The molecule has 0 spiro atoms. The second-order valence-corrected chi connectivity index (χ2v) is 5.93. The summed E-state index contributed by atoms with van der Waals surface area (Å²) in [6, 6.07) is 6.46. The lowest BCUT2D eigenvalue weighted by molar-refractivity contribution is 0.361. The third-order valence-electron chi connectivity index (χ3n) is 4.36. The zero-order valence-corrected chi connectivity index (χ0v) is 15.6. The van der Waals surface area contributed by atoms with Gasteiger partial charge in [-0.1, -0.05) is 50.6 Å². The van der Waals surface area contributed by atoms with Crippen molar-refractivity contribution in [2.45, 2.75) is 25.4 Å². The molecule has 0 aliphatic carbocycles. The molecule has 25 heavy (non-hydrogen) atoms. The second-order valence-electron chi connectivity index (χ2n) is 5.93. The van der Waals surface area contributed by atoms with Crippen LogP contribution >= 0.6 is 0 Å². The summed E-state index contributed by atoms with van der Waals surface area (Å²) in [6.07, 6.45) is 7.35. The van der Waals surface area contributed by atoms with Gasteiger partial charge in [-0.25, -0.2) is 0 Å². The molecule has 1 rings (SSSR count). The standard InChI is InChI=1S/C22H31N3/c1-8-11-12-22(17(4)23-6)25(7)18(5)21-15-19(16-24-10-3)13-14-20(21)9-2/h8-10,13-15,22-24H,1-5,11-12,16H2,6-7H3. The summed E-state index contributed by atoms with van der Waals surface area (Å²) in [4.78, 5) is 2.18. The molecule has 134 valence electrons. The van der Waals surface area contributed by atoms with Gasteiger partial charge in [0.25, 0.3) is 0 Å². The van der Waals surface area contributed by atoms with E-state index in [9.17, 15) is 0 Å². The highest BCUT2D eigenvalue weighted by Gasteiger charge is 2.20. The van der Waals surface area contributed by atoms with Crippen molar-refractivity contribution < 1.29 is 0 Å². The molecule has 0 saturated carbocycles. The van der Waals surface area contributed by atoms with Crippen LogP contribution in [-0.2, 0) is 6.54 Å². The lowest BCUT2D eigenvalue weighted by Crippen LogP contribution is -2.35. The molecule has 1 unspecified atom stereocenters. The van der Waals surface area contributed by atoms with Gasteiger partial charge in [0.15, 0.2) is 0 Å². The van der Waals surface area contributed by atoms with Crippen molar-refractivity contribution in [3.05, 3.63) is 85.8 Å². The molecule has 1 aromatic rings. The summed E-state index contributed by atoms with van der Waals surface area (Å²) in [5.41, 5.74) is 5.23. The average molecular weight is 338 g/mol. The van der Waals surface area contributed by atoms with E-state index in [0.717, 1.165) is 41.9 Å². The molecule has 0 aliphatic heterocycles. The summed E-state index contributed by atoms with van der Waals surface area (Å²) >= 11 is 0. The maximum Gasteiger partial charge on any atom is 0.0681 e. The van der Waals surface area contributed by atoms with E-state index >= 15 is 0 Å². The van der Waals surface area contributed by atoms with Gasteiger partial charge in [-0.2, -0.15) is 0 Å². The summed E-state index contributed by atoms with van der Waals surface area (Å²) in [7, 11) is 3.96. The van der Waals surface area contributed by atoms with Crippen molar-refractivity contribution in [2.24, 2.45) is 0 Å². The van der Waals surface area contributed by atoms with Crippen molar-refractivity contribution in [2.75, 3.05) is 14.1 Å². The van der Waals surface area contributed by atoms with Crippen LogP contribution in [0.25, 0.3) is 11.8 Å². The second kappa shape index (κ2) is 10.2. The first-order valence-electron chi connectivity index (χ1n) is 8.49. The van der Waals surface area contributed by atoms with Crippen LogP contribution in [0, 0.1) is 0 Å². The van der Waals surface area contributed by atoms with Crippen molar-refractivity contribution >= 4 is 11.8 Å². The Morgan fingerprint density at radius 1 is 1.24 bits per heavy atom. The van der Waals surface area contributed by atoms with E-state index in [1.807, 2.05) is 19.2 Å². The lowest BCUT2D eigenvalue weighted by Gasteiger charge is -2.33. The van der Waals surface area contributed by atoms with Crippen molar-refractivity contribution in [3.63, 3.8) is 0 Å². The van der Waals surface area contributed by atoms with E-state index in [-0.39, 0.29) is 6.04 Å². The molecule has 0 aliphatic rings. The Labute approximate surface area is 153 Å². The fourth-order valence-corrected chi connectivity index (χ4v) is 2.75. The van der Waals surface area contributed by atoms with E-state index in [0.29, 0.717) is 0 Å². The van der Waals surface area contributed by atoms with Gasteiger partial charge in [0.05, 0.1) is 6.04 Å². The maximum atomic E-state index is 4.34. The summed E-state index contributed by atoms with van der Waals surface area (Å²) in [5, 5.41) is 6.31. The van der Waals surface area contributed by atoms with E-state index in [1.165, 1.54) is 5.56 Å². The zero-order valence-electron chi connectivity index (χ0n) is 15.6. The normalized spacial score (nSPS) is 11.1. The third kappa shape index (κ3) is 5.42. The van der Waals surface area contributed by atoms with Crippen LogP contribution < -0.4 is 10.6 Å². The summed E-state index contributed by atoms with van der Waals surface area (Å²) in [6.45, 7) is 20.7. The smallest absolute Gasteiger partial charge is 0.0681 e. The molecular formula is C22H31N3. The zero-order chi connectivity index (χ0) is 18.8. The predicted octanol–water partition coefficient (Wildman–Crippen LogP) is 4.53. The Hall–Kier alpha value is -2.68. The maximum absolute atomic E-state index is 4.34. The number of nitrogens with one attached hydrogen (secondary N) is 2. The lowest BCUT2D eigenvalue weighted by atomic mass is 9.98. The average Bonchev–Trinajstić information content (AvgIpc) is 2.65. The van der Waals surface area contributed by atoms with E-state index < -0.39 is 0 Å². The number of likely N-dealkylation sites (N-methyl/N-ethyl adjacent to an activating group) is 2. The molecule has 0 bridgehead atoms. The van der Waals surface area contributed by atoms with Crippen LogP contribution in [0.4, 0.5) is 0 Å². The SMILES string of the molecule is C=CCCC(C(=C)NC)N(C)C(=C)c1cc(CNC=C)ccc1C=C. The third-order valence-corrected chi connectivity index (χ3v) is 4.36. The molecule has 0 fully saturated rings. The van der Waals surface area contributed by atoms with Gasteiger partial charge >= 0.3 is 0 Å². The molecular weight excluding hydrogens is 306 g/mol. The molecule has 0 heterocycles. The largest absolute Gasteiger partial charge is 0.390 e. The Kier molecular flexibility index (Phi) is 8.34. The molecule has 0 radical (unpaired) electrons. The topological polar surface area (TPSA) is 27.3 Å². The van der Waals surface area contributed by atoms with Crippen LogP contribution in [0.5, 0.6) is 0 Å². The highest BCUT2D eigenvalue weighted by Crippen LogP contribution is 2.27. The van der Waals surface area contributed by atoms with Crippen molar-refractivity contribution in [1.29, 1.82) is 0 Å². The van der Waals surface area contributed by atoms with Gasteiger partial charge in [0.1, 0.15) is 0 Å². The highest BCUT2D eigenvalue weighted by molar-refractivity contribution is 5.72. The van der Waals surface area contributed by atoms with E-state index in [2.05, 4.69) is 73.7 Å². The summed E-state index contributed by atoms with van der Waals surface area (Å²) in [5.74, 6) is 0. The first kappa shape index (κ1) is 20.4.